The zero-order valence-corrected chi connectivity index (χ0v) is 13.1. The van der Waals surface area contributed by atoms with Crippen LogP contribution in [0.15, 0.2) is 0 Å². The fourth-order valence-corrected chi connectivity index (χ4v) is 3.02. The first-order valence-electron chi connectivity index (χ1n) is 7.83. The molecule has 0 aromatic rings. The van der Waals surface area contributed by atoms with E-state index in [1.165, 1.54) is 0 Å². The summed E-state index contributed by atoms with van der Waals surface area (Å²) < 4.78 is 5.43. The van der Waals surface area contributed by atoms with Crippen molar-refractivity contribution in [2.75, 3.05) is 26.2 Å². The maximum Gasteiger partial charge on any atom is 0.410 e. The van der Waals surface area contributed by atoms with Crippen LogP contribution in [0.3, 0.4) is 0 Å². The van der Waals surface area contributed by atoms with E-state index in [2.05, 4.69) is 4.90 Å². The van der Waals surface area contributed by atoms with Crippen molar-refractivity contribution in [3.05, 3.63) is 0 Å². The van der Waals surface area contributed by atoms with Crippen molar-refractivity contribution in [1.82, 2.24) is 9.80 Å². The van der Waals surface area contributed by atoms with Gasteiger partial charge < -0.3 is 20.3 Å². The van der Waals surface area contributed by atoms with Crippen molar-refractivity contribution in [3.8, 4) is 0 Å². The lowest BCUT2D eigenvalue weighted by atomic mass is 9.98. The van der Waals surface area contributed by atoms with Crippen molar-refractivity contribution < 1.29 is 9.53 Å². The molecule has 2 aliphatic rings. The van der Waals surface area contributed by atoms with Gasteiger partial charge in [-0.2, -0.15) is 0 Å². The monoisotopic (exact) mass is 283 g/mol. The first-order valence-corrected chi connectivity index (χ1v) is 7.83. The van der Waals surface area contributed by atoms with E-state index in [0.29, 0.717) is 12.1 Å². The van der Waals surface area contributed by atoms with Crippen molar-refractivity contribution in [3.63, 3.8) is 0 Å². The van der Waals surface area contributed by atoms with Crippen LogP contribution in [-0.2, 0) is 4.74 Å². The zero-order chi connectivity index (χ0) is 14.8. The van der Waals surface area contributed by atoms with Gasteiger partial charge in [-0.05, 0) is 59.5 Å². The number of likely N-dealkylation sites (tertiary alicyclic amines) is 2. The van der Waals surface area contributed by atoms with E-state index in [-0.39, 0.29) is 6.09 Å². The van der Waals surface area contributed by atoms with Crippen LogP contribution in [0.2, 0.25) is 0 Å². The Morgan fingerprint density at radius 1 is 1.05 bits per heavy atom. The van der Waals surface area contributed by atoms with Crippen LogP contribution in [0.25, 0.3) is 0 Å². The van der Waals surface area contributed by atoms with Gasteiger partial charge in [0.2, 0.25) is 0 Å². The molecule has 2 aliphatic heterocycles. The molecule has 0 unspecified atom stereocenters. The summed E-state index contributed by atoms with van der Waals surface area (Å²) in [5, 5.41) is 0. The third-order valence-electron chi connectivity index (χ3n) is 4.21. The summed E-state index contributed by atoms with van der Waals surface area (Å²) in [6, 6.07) is 0.995. The fraction of sp³-hybridized carbons (Fsp3) is 0.933. The van der Waals surface area contributed by atoms with E-state index < -0.39 is 5.60 Å². The largest absolute Gasteiger partial charge is 0.444 e. The number of carbonyl (C=O) groups excluding carboxylic acids is 1. The molecule has 0 bridgehead atoms. The highest BCUT2D eigenvalue weighted by Gasteiger charge is 2.30. The smallest absolute Gasteiger partial charge is 0.410 e. The van der Waals surface area contributed by atoms with Gasteiger partial charge in [-0.1, -0.05) is 0 Å². The summed E-state index contributed by atoms with van der Waals surface area (Å²) in [5.41, 5.74) is 5.55. The molecule has 0 radical (unpaired) electrons. The molecular weight excluding hydrogens is 254 g/mol. The van der Waals surface area contributed by atoms with E-state index in [0.717, 1.165) is 51.9 Å². The number of nitrogens with zero attached hydrogens (tertiary/aromatic N) is 2. The standard InChI is InChI=1S/C15H29N3O2/c1-15(2,3)20-14(19)18-10-6-13(7-11-18)17-8-4-12(16)5-9-17/h12-13H,4-11,16H2,1-3H3. The minimum absolute atomic E-state index is 0.170. The normalized spacial score (nSPS) is 23.9. The molecule has 5 heteroatoms. The highest BCUT2D eigenvalue weighted by molar-refractivity contribution is 5.68. The summed E-state index contributed by atoms with van der Waals surface area (Å²) in [6.07, 6.45) is 4.14. The number of ether oxygens (including phenoxy) is 1. The molecule has 2 fully saturated rings. The van der Waals surface area contributed by atoms with Crippen molar-refractivity contribution in [1.29, 1.82) is 0 Å². The van der Waals surface area contributed by atoms with Gasteiger partial charge in [0.15, 0.2) is 0 Å². The third kappa shape index (κ3) is 4.35. The first-order chi connectivity index (χ1) is 9.35. The number of hydrogen-bond donors (Lipinski definition) is 1. The molecule has 5 nitrogen and oxygen atoms in total. The van der Waals surface area contributed by atoms with Crippen molar-refractivity contribution in [2.24, 2.45) is 5.73 Å². The van der Waals surface area contributed by atoms with E-state index in [1.54, 1.807) is 0 Å². The van der Waals surface area contributed by atoms with Gasteiger partial charge in [0.25, 0.3) is 0 Å². The quantitative estimate of drug-likeness (QED) is 0.797. The molecule has 0 saturated carbocycles. The second-order valence-corrected chi connectivity index (χ2v) is 7.07. The molecule has 2 rings (SSSR count). The molecule has 2 N–H and O–H groups in total. The maximum absolute atomic E-state index is 12.0. The lowest BCUT2D eigenvalue weighted by Gasteiger charge is -2.41. The Balaban J connectivity index is 1.76. The van der Waals surface area contributed by atoms with Crippen LogP contribution in [0.1, 0.15) is 46.5 Å². The summed E-state index contributed by atoms with van der Waals surface area (Å²) >= 11 is 0. The van der Waals surface area contributed by atoms with E-state index in [1.807, 2.05) is 25.7 Å². The Labute approximate surface area is 122 Å². The molecule has 0 atom stereocenters. The van der Waals surface area contributed by atoms with Gasteiger partial charge in [-0.25, -0.2) is 4.79 Å². The predicted molar refractivity (Wildman–Crippen MR) is 79.6 cm³/mol. The zero-order valence-electron chi connectivity index (χ0n) is 13.1. The van der Waals surface area contributed by atoms with Crippen molar-refractivity contribution in [2.45, 2.75) is 64.1 Å². The van der Waals surface area contributed by atoms with E-state index in [9.17, 15) is 4.79 Å². The second kappa shape index (κ2) is 6.31. The van der Waals surface area contributed by atoms with Crippen LogP contribution < -0.4 is 5.73 Å². The average molecular weight is 283 g/mol. The number of piperidine rings is 2. The molecule has 116 valence electrons. The Bertz CT molecular complexity index is 325. The number of nitrogens with two attached hydrogens (primary N) is 1. The van der Waals surface area contributed by atoms with Gasteiger partial charge in [-0.15, -0.1) is 0 Å². The molecule has 2 heterocycles. The Hall–Kier alpha value is -0.810. The van der Waals surface area contributed by atoms with Crippen LogP contribution in [0.4, 0.5) is 4.79 Å². The van der Waals surface area contributed by atoms with Crippen molar-refractivity contribution >= 4 is 6.09 Å². The lowest BCUT2D eigenvalue weighted by molar-refractivity contribution is 0.0128. The topological polar surface area (TPSA) is 58.8 Å². The average Bonchev–Trinajstić information content (AvgIpc) is 2.38. The Morgan fingerprint density at radius 3 is 2.10 bits per heavy atom. The lowest BCUT2D eigenvalue weighted by Crippen LogP contribution is -2.51. The van der Waals surface area contributed by atoms with Gasteiger partial charge in [0.05, 0.1) is 0 Å². The van der Waals surface area contributed by atoms with Crippen LogP contribution in [0, 0.1) is 0 Å². The molecule has 20 heavy (non-hydrogen) atoms. The third-order valence-corrected chi connectivity index (χ3v) is 4.21. The van der Waals surface area contributed by atoms with Gasteiger partial charge in [-0.3, -0.25) is 0 Å². The predicted octanol–water partition coefficient (Wildman–Crippen LogP) is 1.81. The summed E-state index contributed by atoms with van der Waals surface area (Å²) in [4.78, 5) is 16.4. The maximum atomic E-state index is 12.0. The van der Waals surface area contributed by atoms with Gasteiger partial charge in [0.1, 0.15) is 5.60 Å². The Morgan fingerprint density at radius 2 is 1.60 bits per heavy atom. The summed E-state index contributed by atoms with van der Waals surface area (Å²) in [7, 11) is 0. The molecule has 0 aliphatic carbocycles. The number of rotatable bonds is 1. The van der Waals surface area contributed by atoms with E-state index >= 15 is 0 Å². The van der Waals surface area contributed by atoms with Gasteiger partial charge >= 0.3 is 6.09 Å². The van der Waals surface area contributed by atoms with Gasteiger partial charge in [0, 0.05) is 25.2 Å². The SMILES string of the molecule is CC(C)(C)OC(=O)N1CCC(N2CCC(N)CC2)CC1. The second-order valence-electron chi connectivity index (χ2n) is 7.07. The highest BCUT2D eigenvalue weighted by Crippen LogP contribution is 2.21. The number of carbonyl (C=O) groups is 1. The van der Waals surface area contributed by atoms with Crippen LogP contribution >= 0.6 is 0 Å². The Kier molecular flexibility index (Phi) is 4.91. The molecular formula is C15H29N3O2. The first kappa shape index (κ1) is 15.6. The van der Waals surface area contributed by atoms with Crippen LogP contribution in [0.5, 0.6) is 0 Å². The molecule has 0 spiro atoms. The number of hydrogen-bond acceptors (Lipinski definition) is 4. The van der Waals surface area contributed by atoms with E-state index in [4.69, 9.17) is 10.5 Å². The van der Waals surface area contributed by atoms with Crippen LogP contribution in [-0.4, -0.2) is 59.8 Å². The minimum atomic E-state index is -0.406. The fourth-order valence-electron chi connectivity index (χ4n) is 3.02. The molecule has 0 aromatic heterocycles. The molecule has 0 aromatic carbocycles. The summed E-state index contributed by atoms with van der Waals surface area (Å²) in [6.45, 7) is 9.57. The molecule has 2 saturated heterocycles. The number of amides is 1. The summed E-state index contributed by atoms with van der Waals surface area (Å²) in [5.74, 6) is 0. The highest BCUT2D eigenvalue weighted by atomic mass is 16.6. The molecule has 1 amide bonds. The minimum Gasteiger partial charge on any atom is -0.444 e.